The highest BCUT2D eigenvalue weighted by atomic mass is 32.2. The van der Waals surface area contributed by atoms with E-state index in [2.05, 4.69) is 0 Å². The lowest BCUT2D eigenvalue weighted by molar-refractivity contribution is -0.130. The third-order valence-electron chi connectivity index (χ3n) is 3.26. The predicted octanol–water partition coefficient (Wildman–Crippen LogP) is 1.48. The molecular weight excluding hydrogens is 276 g/mol. The van der Waals surface area contributed by atoms with Crippen LogP contribution in [-0.2, 0) is 14.8 Å². The summed E-state index contributed by atoms with van der Waals surface area (Å²) in [5.74, 6) is -0.186. The van der Waals surface area contributed by atoms with E-state index in [1.807, 2.05) is 13.8 Å². The van der Waals surface area contributed by atoms with E-state index in [0.717, 1.165) is 4.31 Å². The van der Waals surface area contributed by atoms with Crippen LogP contribution in [0, 0.1) is 6.92 Å². The molecule has 0 fully saturated rings. The minimum absolute atomic E-state index is 0.141. The molecule has 1 aromatic rings. The van der Waals surface area contributed by atoms with Crippen LogP contribution in [0.2, 0.25) is 0 Å². The molecule has 0 aliphatic carbocycles. The van der Waals surface area contributed by atoms with Crippen LogP contribution >= 0.6 is 0 Å². The highest BCUT2D eigenvalue weighted by Gasteiger charge is 2.25. The largest absolute Gasteiger partial charge is 0.342 e. The first-order valence-electron chi connectivity index (χ1n) is 6.64. The van der Waals surface area contributed by atoms with Crippen LogP contribution < -0.4 is 0 Å². The van der Waals surface area contributed by atoms with Crippen molar-refractivity contribution in [2.75, 3.05) is 26.7 Å². The van der Waals surface area contributed by atoms with Gasteiger partial charge < -0.3 is 4.90 Å². The quantitative estimate of drug-likeness (QED) is 0.799. The summed E-state index contributed by atoms with van der Waals surface area (Å²) in [7, 11) is -2.20. The Kier molecular flexibility index (Phi) is 5.71. The van der Waals surface area contributed by atoms with Gasteiger partial charge in [-0.3, -0.25) is 4.79 Å². The van der Waals surface area contributed by atoms with Gasteiger partial charge in [-0.2, -0.15) is 4.31 Å². The summed E-state index contributed by atoms with van der Waals surface area (Å²) in [4.78, 5) is 13.9. The Labute approximate surface area is 121 Å². The Bertz CT molecular complexity index is 566. The molecule has 0 saturated heterocycles. The van der Waals surface area contributed by atoms with Gasteiger partial charge in [0.15, 0.2) is 0 Å². The zero-order chi connectivity index (χ0) is 15.3. The summed E-state index contributed by atoms with van der Waals surface area (Å²) < 4.78 is 26.0. The Morgan fingerprint density at radius 2 is 1.70 bits per heavy atom. The summed E-state index contributed by atoms with van der Waals surface area (Å²) in [6, 6.07) is 6.77. The minimum atomic E-state index is -3.63. The minimum Gasteiger partial charge on any atom is -0.342 e. The van der Waals surface area contributed by atoms with Gasteiger partial charge in [0.05, 0.1) is 11.4 Å². The Morgan fingerprint density at radius 3 is 2.20 bits per heavy atom. The first-order valence-corrected chi connectivity index (χ1v) is 8.08. The average Bonchev–Trinajstić information content (AvgIpc) is 2.40. The fourth-order valence-electron chi connectivity index (χ4n) is 1.97. The van der Waals surface area contributed by atoms with Crippen molar-refractivity contribution in [2.45, 2.75) is 25.7 Å². The number of carbonyl (C=O) groups is 1. The molecule has 1 rings (SSSR count). The van der Waals surface area contributed by atoms with Gasteiger partial charge in [-0.25, -0.2) is 8.42 Å². The maximum atomic E-state index is 12.4. The van der Waals surface area contributed by atoms with Crippen LogP contribution in [0.4, 0.5) is 0 Å². The molecule has 0 aromatic heterocycles. The standard InChI is InChI=1S/C14H22N2O3S/c1-5-16(6-2)14(17)11-15(4)20(18,19)13-10-8-7-9-12(13)3/h7-10H,5-6,11H2,1-4H3. The number of aryl methyl sites for hydroxylation is 1. The summed E-state index contributed by atoms with van der Waals surface area (Å²) in [6.07, 6.45) is 0. The van der Waals surface area contributed by atoms with Crippen molar-refractivity contribution >= 4 is 15.9 Å². The number of hydrogen-bond acceptors (Lipinski definition) is 3. The molecule has 6 heteroatoms. The SMILES string of the molecule is CCN(CC)C(=O)CN(C)S(=O)(=O)c1ccccc1C. The molecular formula is C14H22N2O3S. The number of amides is 1. The number of carbonyl (C=O) groups excluding carboxylic acids is 1. The second-order valence-corrected chi connectivity index (χ2v) is 6.61. The van der Waals surface area contributed by atoms with Crippen LogP contribution in [-0.4, -0.2) is 50.2 Å². The van der Waals surface area contributed by atoms with Crippen LogP contribution in [0.3, 0.4) is 0 Å². The molecule has 5 nitrogen and oxygen atoms in total. The first-order chi connectivity index (χ1) is 9.34. The van der Waals surface area contributed by atoms with Crippen molar-refractivity contribution in [3.63, 3.8) is 0 Å². The maximum absolute atomic E-state index is 12.4. The summed E-state index contributed by atoms with van der Waals surface area (Å²) in [5, 5.41) is 0. The third-order valence-corrected chi connectivity index (χ3v) is 5.22. The maximum Gasteiger partial charge on any atom is 0.243 e. The molecule has 0 bridgehead atoms. The molecule has 0 saturated carbocycles. The molecule has 1 amide bonds. The van der Waals surface area contributed by atoms with Gasteiger partial charge in [0, 0.05) is 20.1 Å². The highest BCUT2D eigenvalue weighted by Crippen LogP contribution is 2.18. The van der Waals surface area contributed by atoms with Gasteiger partial charge in [-0.05, 0) is 32.4 Å². The van der Waals surface area contributed by atoms with Gasteiger partial charge in [0.25, 0.3) is 0 Å². The predicted molar refractivity (Wildman–Crippen MR) is 78.9 cm³/mol. The molecule has 0 radical (unpaired) electrons. The normalized spacial score (nSPS) is 11.7. The van der Waals surface area contributed by atoms with Crippen LogP contribution in [0.25, 0.3) is 0 Å². The van der Waals surface area contributed by atoms with E-state index in [1.165, 1.54) is 7.05 Å². The lowest BCUT2D eigenvalue weighted by atomic mass is 10.2. The molecule has 112 valence electrons. The van der Waals surface area contributed by atoms with Crippen LogP contribution in [0.5, 0.6) is 0 Å². The van der Waals surface area contributed by atoms with Crippen molar-refractivity contribution < 1.29 is 13.2 Å². The molecule has 0 aliphatic heterocycles. The van der Waals surface area contributed by atoms with E-state index < -0.39 is 10.0 Å². The fraction of sp³-hybridized carbons (Fsp3) is 0.500. The highest BCUT2D eigenvalue weighted by molar-refractivity contribution is 7.89. The van der Waals surface area contributed by atoms with Crippen LogP contribution in [0.15, 0.2) is 29.2 Å². The lowest BCUT2D eigenvalue weighted by Crippen LogP contribution is -2.41. The number of rotatable bonds is 6. The van der Waals surface area contributed by atoms with E-state index in [9.17, 15) is 13.2 Å². The molecule has 20 heavy (non-hydrogen) atoms. The van der Waals surface area contributed by atoms with Gasteiger partial charge in [-0.15, -0.1) is 0 Å². The van der Waals surface area contributed by atoms with E-state index in [4.69, 9.17) is 0 Å². The number of likely N-dealkylation sites (N-methyl/N-ethyl adjacent to an activating group) is 2. The Balaban J connectivity index is 2.94. The zero-order valence-corrected chi connectivity index (χ0v) is 13.3. The third kappa shape index (κ3) is 3.58. The number of sulfonamides is 1. The molecule has 0 heterocycles. The monoisotopic (exact) mass is 298 g/mol. The Morgan fingerprint density at radius 1 is 1.15 bits per heavy atom. The van der Waals surface area contributed by atoms with Gasteiger partial charge >= 0.3 is 0 Å². The van der Waals surface area contributed by atoms with E-state index in [-0.39, 0.29) is 17.3 Å². The zero-order valence-electron chi connectivity index (χ0n) is 12.5. The first kappa shape index (κ1) is 16.7. The van der Waals surface area contributed by atoms with E-state index in [0.29, 0.717) is 18.7 Å². The molecule has 0 spiro atoms. The second kappa shape index (κ2) is 6.85. The van der Waals surface area contributed by atoms with Gasteiger partial charge in [0.2, 0.25) is 15.9 Å². The molecule has 0 N–H and O–H groups in total. The lowest BCUT2D eigenvalue weighted by Gasteiger charge is -2.23. The van der Waals surface area contributed by atoms with Crippen molar-refractivity contribution in [1.82, 2.24) is 9.21 Å². The molecule has 1 aromatic carbocycles. The second-order valence-electron chi connectivity index (χ2n) is 4.59. The fourth-order valence-corrected chi connectivity index (χ4v) is 3.31. The van der Waals surface area contributed by atoms with E-state index in [1.54, 1.807) is 36.1 Å². The van der Waals surface area contributed by atoms with Crippen molar-refractivity contribution in [3.05, 3.63) is 29.8 Å². The number of benzene rings is 1. The van der Waals surface area contributed by atoms with Crippen molar-refractivity contribution in [1.29, 1.82) is 0 Å². The summed E-state index contributed by atoms with van der Waals surface area (Å²) in [5.41, 5.74) is 0.676. The number of hydrogen-bond donors (Lipinski definition) is 0. The summed E-state index contributed by atoms with van der Waals surface area (Å²) in [6.45, 7) is 6.50. The smallest absolute Gasteiger partial charge is 0.243 e. The van der Waals surface area contributed by atoms with Gasteiger partial charge in [-0.1, -0.05) is 18.2 Å². The number of nitrogens with zero attached hydrogens (tertiary/aromatic N) is 2. The molecule has 0 aliphatic rings. The van der Waals surface area contributed by atoms with Gasteiger partial charge in [0.1, 0.15) is 0 Å². The van der Waals surface area contributed by atoms with E-state index >= 15 is 0 Å². The van der Waals surface area contributed by atoms with Crippen molar-refractivity contribution in [3.8, 4) is 0 Å². The summed E-state index contributed by atoms with van der Waals surface area (Å²) >= 11 is 0. The van der Waals surface area contributed by atoms with Crippen LogP contribution in [0.1, 0.15) is 19.4 Å². The van der Waals surface area contributed by atoms with Crippen molar-refractivity contribution in [2.24, 2.45) is 0 Å². The molecule has 0 unspecified atom stereocenters. The molecule has 0 atom stereocenters. The Hall–Kier alpha value is -1.40. The topological polar surface area (TPSA) is 57.7 Å². The average molecular weight is 298 g/mol.